The van der Waals surface area contributed by atoms with Gasteiger partial charge in [0.25, 0.3) is 5.91 Å². The molecule has 2 aliphatic heterocycles. The number of carbonyl (C=O) groups is 2. The number of benzene rings is 2. The molecule has 0 radical (unpaired) electrons. The molecule has 0 unspecified atom stereocenters. The summed E-state index contributed by atoms with van der Waals surface area (Å²) in [6, 6.07) is 10.6. The maximum absolute atomic E-state index is 12.4. The van der Waals surface area contributed by atoms with Gasteiger partial charge in [0.1, 0.15) is 0 Å². The molecule has 0 saturated carbocycles. The monoisotopic (exact) mass is 400 g/mol. The van der Waals surface area contributed by atoms with Gasteiger partial charge in [-0.2, -0.15) is 0 Å². The topological polar surface area (TPSA) is 82.7 Å². The number of halogens is 1. The fourth-order valence-electron chi connectivity index (χ4n) is 3.49. The maximum Gasteiger partial charge on any atom is 0.319 e. The van der Waals surface area contributed by atoms with Crippen molar-refractivity contribution in [3.63, 3.8) is 0 Å². The van der Waals surface area contributed by atoms with Crippen molar-refractivity contribution in [3.05, 3.63) is 47.0 Å². The zero-order chi connectivity index (χ0) is 19.5. The highest BCUT2D eigenvalue weighted by Crippen LogP contribution is 2.35. The van der Waals surface area contributed by atoms with Gasteiger partial charge in [-0.3, -0.25) is 4.79 Å². The van der Waals surface area contributed by atoms with Crippen LogP contribution in [0, 0.1) is 0 Å². The normalized spacial score (nSPS) is 15.5. The fraction of sp³-hybridized carbons (Fsp3) is 0.300. The number of rotatable bonds is 4. The van der Waals surface area contributed by atoms with Crippen LogP contribution in [0.3, 0.4) is 0 Å². The highest BCUT2D eigenvalue weighted by Gasteiger charge is 2.20. The first-order chi connectivity index (χ1) is 13.6. The third-order valence-corrected chi connectivity index (χ3v) is 5.05. The van der Waals surface area contributed by atoms with E-state index >= 15 is 0 Å². The van der Waals surface area contributed by atoms with Crippen molar-refractivity contribution in [2.75, 3.05) is 35.2 Å². The number of para-hydroxylation sites is 1. The lowest BCUT2D eigenvalue weighted by Gasteiger charge is -2.22. The summed E-state index contributed by atoms with van der Waals surface area (Å²) in [7, 11) is 0. The van der Waals surface area contributed by atoms with Gasteiger partial charge in [-0.1, -0.05) is 23.7 Å². The molecule has 0 spiro atoms. The van der Waals surface area contributed by atoms with E-state index in [0.29, 0.717) is 28.7 Å². The van der Waals surface area contributed by atoms with E-state index in [0.717, 1.165) is 37.2 Å². The molecule has 4 rings (SSSR count). The Hall–Kier alpha value is -2.93. The van der Waals surface area contributed by atoms with Gasteiger partial charge in [0.05, 0.1) is 11.4 Å². The fourth-order valence-corrected chi connectivity index (χ4v) is 3.66. The van der Waals surface area contributed by atoms with Crippen LogP contribution < -0.4 is 25.6 Å². The van der Waals surface area contributed by atoms with E-state index in [4.69, 9.17) is 16.3 Å². The molecule has 0 atom stereocenters. The molecule has 2 aromatic rings. The van der Waals surface area contributed by atoms with Crippen LogP contribution in [0.1, 0.15) is 18.4 Å². The Morgan fingerprint density at radius 1 is 1.21 bits per heavy atom. The van der Waals surface area contributed by atoms with Crippen molar-refractivity contribution in [2.45, 2.75) is 19.4 Å². The number of amides is 3. The third-order valence-electron chi connectivity index (χ3n) is 4.82. The lowest BCUT2D eigenvalue weighted by atomic mass is 10.1. The quantitative estimate of drug-likeness (QED) is 0.732. The lowest BCUT2D eigenvalue weighted by Crippen LogP contribution is -2.31. The van der Waals surface area contributed by atoms with Crippen LogP contribution in [-0.2, 0) is 11.3 Å². The Balaban J connectivity index is 1.43. The molecule has 0 aliphatic carbocycles. The van der Waals surface area contributed by atoms with Crippen LogP contribution >= 0.6 is 11.6 Å². The predicted molar refractivity (Wildman–Crippen MR) is 109 cm³/mol. The summed E-state index contributed by atoms with van der Waals surface area (Å²) in [6.45, 7) is 2.30. The summed E-state index contributed by atoms with van der Waals surface area (Å²) in [6.07, 6.45) is 2.32. The van der Waals surface area contributed by atoms with Crippen molar-refractivity contribution >= 4 is 40.6 Å². The summed E-state index contributed by atoms with van der Waals surface area (Å²) in [5.74, 6) is 0.243. The van der Waals surface area contributed by atoms with Crippen molar-refractivity contribution in [3.8, 4) is 5.75 Å². The average Bonchev–Trinajstić information content (AvgIpc) is 3.21. The van der Waals surface area contributed by atoms with E-state index < -0.39 is 0 Å². The van der Waals surface area contributed by atoms with Gasteiger partial charge in [0.2, 0.25) is 0 Å². The first kappa shape index (κ1) is 18.4. The first-order valence-corrected chi connectivity index (χ1v) is 9.62. The highest BCUT2D eigenvalue weighted by atomic mass is 35.5. The molecule has 3 N–H and O–H groups in total. The summed E-state index contributed by atoms with van der Waals surface area (Å²) < 4.78 is 5.45. The molecular formula is C20H21ClN4O3. The third kappa shape index (κ3) is 3.99. The number of carbonyl (C=O) groups excluding carboxylic acids is 2. The van der Waals surface area contributed by atoms with Gasteiger partial charge in [-0.25, -0.2) is 4.79 Å². The number of hydrogen-bond acceptors (Lipinski definition) is 4. The molecule has 8 heteroatoms. The van der Waals surface area contributed by atoms with Gasteiger partial charge >= 0.3 is 6.03 Å². The second kappa shape index (κ2) is 7.98. The minimum absolute atomic E-state index is 0.0721. The molecule has 1 saturated heterocycles. The SMILES string of the molecule is O=C1COc2c(cccc2NC(=O)NCc2ccc(Cl)cc2N2CCCC2)N1. The Morgan fingerprint density at radius 2 is 2.04 bits per heavy atom. The molecule has 2 aromatic carbocycles. The number of anilines is 3. The largest absolute Gasteiger partial charge is 0.479 e. The Kier molecular flexibility index (Phi) is 5.25. The van der Waals surface area contributed by atoms with E-state index in [-0.39, 0.29) is 18.5 Å². The molecule has 0 aromatic heterocycles. The van der Waals surface area contributed by atoms with Gasteiger partial charge in [0.15, 0.2) is 12.4 Å². The Bertz CT molecular complexity index is 912. The number of nitrogens with zero attached hydrogens (tertiary/aromatic N) is 1. The predicted octanol–water partition coefficient (Wildman–Crippen LogP) is 3.59. The molecule has 2 heterocycles. The Labute approximate surface area is 168 Å². The number of urea groups is 1. The second-order valence-corrected chi connectivity index (χ2v) is 7.23. The minimum Gasteiger partial charge on any atom is -0.479 e. The minimum atomic E-state index is -0.351. The Morgan fingerprint density at radius 3 is 2.86 bits per heavy atom. The molecular weight excluding hydrogens is 380 g/mol. The molecule has 3 amide bonds. The van der Waals surface area contributed by atoms with E-state index in [2.05, 4.69) is 20.9 Å². The maximum atomic E-state index is 12.4. The summed E-state index contributed by atoms with van der Waals surface area (Å²) in [5, 5.41) is 9.08. The molecule has 28 heavy (non-hydrogen) atoms. The summed E-state index contributed by atoms with van der Waals surface area (Å²) in [4.78, 5) is 26.2. The highest BCUT2D eigenvalue weighted by molar-refractivity contribution is 6.30. The second-order valence-electron chi connectivity index (χ2n) is 6.79. The molecule has 146 valence electrons. The smallest absolute Gasteiger partial charge is 0.319 e. The van der Waals surface area contributed by atoms with Crippen LogP contribution in [0.15, 0.2) is 36.4 Å². The molecule has 2 aliphatic rings. The number of nitrogens with one attached hydrogen (secondary N) is 3. The standard InChI is InChI=1S/C20H21ClN4O3/c21-14-7-6-13(17(10-14)25-8-1-2-9-25)11-22-20(27)24-16-5-3-4-15-19(16)28-12-18(26)23-15/h3-7,10H,1-2,8-9,11-12H2,(H,23,26)(H2,22,24,27). The van der Waals surface area contributed by atoms with Crippen molar-refractivity contribution < 1.29 is 14.3 Å². The molecule has 0 bridgehead atoms. The average molecular weight is 401 g/mol. The van der Waals surface area contributed by atoms with Crippen LogP contribution in [0.25, 0.3) is 0 Å². The van der Waals surface area contributed by atoms with Crippen LogP contribution in [0.2, 0.25) is 5.02 Å². The zero-order valence-corrected chi connectivity index (χ0v) is 16.0. The summed E-state index contributed by atoms with van der Waals surface area (Å²) >= 11 is 6.17. The van der Waals surface area contributed by atoms with Gasteiger partial charge in [-0.05, 0) is 42.7 Å². The van der Waals surface area contributed by atoms with E-state index in [9.17, 15) is 9.59 Å². The molecule has 7 nitrogen and oxygen atoms in total. The van der Waals surface area contributed by atoms with E-state index in [1.165, 1.54) is 0 Å². The number of ether oxygens (including phenoxy) is 1. The number of fused-ring (bicyclic) bond motifs is 1. The van der Waals surface area contributed by atoms with Gasteiger partial charge in [0, 0.05) is 30.3 Å². The van der Waals surface area contributed by atoms with Crippen LogP contribution in [0.5, 0.6) is 5.75 Å². The first-order valence-electron chi connectivity index (χ1n) is 9.24. The van der Waals surface area contributed by atoms with Crippen LogP contribution in [-0.4, -0.2) is 31.6 Å². The van der Waals surface area contributed by atoms with E-state index in [1.54, 1.807) is 18.2 Å². The molecule has 1 fully saturated rings. The van der Waals surface area contributed by atoms with E-state index in [1.807, 2.05) is 18.2 Å². The van der Waals surface area contributed by atoms with Crippen LogP contribution in [0.4, 0.5) is 21.9 Å². The van der Waals surface area contributed by atoms with Gasteiger partial charge < -0.3 is 25.6 Å². The van der Waals surface area contributed by atoms with Crippen molar-refractivity contribution in [2.24, 2.45) is 0 Å². The lowest BCUT2D eigenvalue weighted by molar-refractivity contribution is -0.118. The zero-order valence-electron chi connectivity index (χ0n) is 15.3. The van der Waals surface area contributed by atoms with Crippen molar-refractivity contribution in [1.29, 1.82) is 0 Å². The number of hydrogen-bond donors (Lipinski definition) is 3. The van der Waals surface area contributed by atoms with Gasteiger partial charge in [-0.15, -0.1) is 0 Å². The van der Waals surface area contributed by atoms with Crippen molar-refractivity contribution in [1.82, 2.24) is 5.32 Å². The summed E-state index contributed by atoms with van der Waals surface area (Å²) in [5.41, 5.74) is 3.13.